The number of nitrogens with zero attached hydrogens (tertiary/aromatic N) is 1. The number of nitrogens with one attached hydrogen (secondary N) is 2. The molecule has 2 aromatic carbocycles. The molecule has 1 amide bonds. The fraction of sp³-hybridized carbons (Fsp3) is 0.0526. The molecule has 0 atom stereocenters. The molecule has 0 saturated heterocycles. The molecule has 5 nitrogen and oxygen atoms in total. The van der Waals surface area contributed by atoms with Crippen molar-refractivity contribution in [2.45, 2.75) is 0 Å². The van der Waals surface area contributed by atoms with Crippen LogP contribution in [0, 0.1) is 5.82 Å². The third-order valence-electron chi connectivity index (χ3n) is 3.53. The topological polar surface area (TPSA) is 63.2 Å². The quantitative estimate of drug-likeness (QED) is 0.671. The van der Waals surface area contributed by atoms with Crippen molar-refractivity contribution in [2.75, 3.05) is 17.7 Å². The van der Waals surface area contributed by atoms with Crippen LogP contribution in [0.2, 0.25) is 5.02 Å². The number of benzene rings is 2. The number of ether oxygens (including phenoxy) is 1. The third kappa shape index (κ3) is 4.29. The van der Waals surface area contributed by atoms with Gasteiger partial charge in [-0.2, -0.15) is 0 Å². The molecule has 1 aromatic heterocycles. The van der Waals surface area contributed by atoms with Gasteiger partial charge in [0.1, 0.15) is 17.3 Å². The summed E-state index contributed by atoms with van der Waals surface area (Å²) < 4.78 is 18.3. The zero-order chi connectivity index (χ0) is 18.5. The molecule has 0 unspecified atom stereocenters. The van der Waals surface area contributed by atoms with E-state index in [2.05, 4.69) is 15.6 Å². The van der Waals surface area contributed by atoms with Crippen molar-refractivity contribution >= 4 is 34.6 Å². The van der Waals surface area contributed by atoms with E-state index in [-0.39, 0.29) is 16.6 Å². The summed E-state index contributed by atoms with van der Waals surface area (Å²) in [5, 5.41) is 5.82. The highest BCUT2D eigenvalue weighted by Gasteiger charge is 2.09. The van der Waals surface area contributed by atoms with Crippen LogP contribution in [0.4, 0.5) is 21.5 Å². The molecule has 2 N–H and O–H groups in total. The molecule has 26 heavy (non-hydrogen) atoms. The molecule has 0 radical (unpaired) electrons. The van der Waals surface area contributed by atoms with Gasteiger partial charge in [0.05, 0.1) is 24.0 Å². The predicted octanol–water partition coefficient (Wildman–Crippen LogP) is 4.88. The first-order valence-corrected chi connectivity index (χ1v) is 8.06. The van der Waals surface area contributed by atoms with Crippen LogP contribution in [0.1, 0.15) is 10.5 Å². The first-order valence-electron chi connectivity index (χ1n) is 7.69. The Morgan fingerprint density at radius 1 is 1.08 bits per heavy atom. The lowest BCUT2D eigenvalue weighted by Gasteiger charge is -2.09. The van der Waals surface area contributed by atoms with Gasteiger partial charge in [-0.05, 0) is 42.5 Å². The van der Waals surface area contributed by atoms with Crippen molar-refractivity contribution in [3.05, 3.63) is 77.3 Å². The van der Waals surface area contributed by atoms with E-state index in [1.165, 1.54) is 18.3 Å². The van der Waals surface area contributed by atoms with Crippen LogP contribution >= 0.6 is 11.6 Å². The van der Waals surface area contributed by atoms with Gasteiger partial charge in [-0.3, -0.25) is 4.79 Å². The summed E-state index contributed by atoms with van der Waals surface area (Å²) in [5.74, 6) is -0.178. The Kier molecular flexibility index (Phi) is 5.34. The minimum absolute atomic E-state index is 0.0252. The summed E-state index contributed by atoms with van der Waals surface area (Å²) in [7, 11) is 1.56. The van der Waals surface area contributed by atoms with Crippen molar-refractivity contribution in [3.63, 3.8) is 0 Å². The number of amides is 1. The Labute approximate surface area is 154 Å². The maximum atomic E-state index is 13.2. The van der Waals surface area contributed by atoms with Crippen molar-refractivity contribution < 1.29 is 13.9 Å². The largest absolute Gasteiger partial charge is 0.497 e. The molecule has 3 aromatic rings. The molecule has 3 rings (SSSR count). The van der Waals surface area contributed by atoms with E-state index in [9.17, 15) is 9.18 Å². The first-order chi connectivity index (χ1) is 12.5. The predicted molar refractivity (Wildman–Crippen MR) is 99.9 cm³/mol. The highest BCUT2D eigenvalue weighted by atomic mass is 35.5. The number of halogens is 2. The minimum atomic E-state index is -0.486. The Morgan fingerprint density at radius 2 is 1.88 bits per heavy atom. The van der Waals surface area contributed by atoms with Crippen molar-refractivity contribution in [1.82, 2.24) is 4.98 Å². The number of rotatable bonds is 5. The zero-order valence-corrected chi connectivity index (χ0v) is 14.5. The summed E-state index contributed by atoms with van der Waals surface area (Å²) in [6, 6.07) is 14.6. The molecule has 7 heteroatoms. The number of aromatic nitrogens is 1. The number of anilines is 3. The summed E-state index contributed by atoms with van der Waals surface area (Å²) in [6.45, 7) is 0. The molecular formula is C19H15ClFN3O2. The number of methoxy groups -OCH3 is 1. The number of hydrogen-bond donors (Lipinski definition) is 2. The highest BCUT2D eigenvalue weighted by molar-refractivity contribution is 6.31. The van der Waals surface area contributed by atoms with Gasteiger partial charge < -0.3 is 15.4 Å². The molecule has 0 spiro atoms. The number of carbonyl (C=O) groups excluding carboxylic acids is 1. The molecule has 0 aliphatic heterocycles. The van der Waals surface area contributed by atoms with E-state index in [4.69, 9.17) is 16.3 Å². The van der Waals surface area contributed by atoms with Gasteiger partial charge in [0, 0.05) is 17.4 Å². The molecule has 0 aliphatic rings. The summed E-state index contributed by atoms with van der Waals surface area (Å²) in [6.07, 6.45) is 1.51. The molecule has 0 aliphatic carbocycles. The zero-order valence-electron chi connectivity index (χ0n) is 13.8. The fourth-order valence-electron chi connectivity index (χ4n) is 2.24. The lowest BCUT2D eigenvalue weighted by molar-refractivity contribution is 0.102. The van der Waals surface area contributed by atoms with Crippen LogP contribution in [-0.2, 0) is 0 Å². The van der Waals surface area contributed by atoms with E-state index in [0.717, 1.165) is 0 Å². The molecule has 0 bridgehead atoms. The van der Waals surface area contributed by atoms with Gasteiger partial charge >= 0.3 is 0 Å². The Balaban J connectivity index is 1.68. The van der Waals surface area contributed by atoms with E-state index in [1.807, 2.05) is 0 Å². The SMILES string of the molecule is COc1cccc(NC(=O)c2ccc(Nc3ccc(F)c(Cl)c3)cn2)c1. The normalized spacial score (nSPS) is 10.3. The second-order valence-electron chi connectivity index (χ2n) is 5.37. The maximum Gasteiger partial charge on any atom is 0.274 e. The maximum absolute atomic E-state index is 13.2. The second kappa shape index (κ2) is 7.84. The van der Waals surface area contributed by atoms with Gasteiger partial charge in [-0.15, -0.1) is 0 Å². The molecule has 0 fully saturated rings. The van der Waals surface area contributed by atoms with Crippen LogP contribution < -0.4 is 15.4 Å². The molecule has 0 saturated carbocycles. The Bertz CT molecular complexity index is 932. The average Bonchev–Trinajstić information content (AvgIpc) is 2.65. The van der Waals surface area contributed by atoms with Crippen molar-refractivity contribution in [2.24, 2.45) is 0 Å². The van der Waals surface area contributed by atoms with Crippen LogP contribution in [0.25, 0.3) is 0 Å². The van der Waals surface area contributed by atoms with Crippen molar-refractivity contribution in [1.29, 1.82) is 0 Å². The Morgan fingerprint density at radius 3 is 2.58 bits per heavy atom. The monoisotopic (exact) mass is 371 g/mol. The number of pyridine rings is 1. The average molecular weight is 372 g/mol. The van der Waals surface area contributed by atoms with E-state index < -0.39 is 5.82 Å². The summed E-state index contributed by atoms with van der Waals surface area (Å²) in [5.41, 5.74) is 2.13. The van der Waals surface area contributed by atoms with E-state index >= 15 is 0 Å². The van der Waals surface area contributed by atoms with Crippen LogP contribution in [0.5, 0.6) is 5.75 Å². The van der Waals surface area contributed by atoms with Crippen LogP contribution in [0.3, 0.4) is 0 Å². The summed E-state index contributed by atoms with van der Waals surface area (Å²) in [4.78, 5) is 16.4. The molecule has 132 valence electrons. The van der Waals surface area contributed by atoms with Gasteiger partial charge in [0.25, 0.3) is 5.91 Å². The smallest absolute Gasteiger partial charge is 0.274 e. The lowest BCUT2D eigenvalue weighted by Crippen LogP contribution is -2.13. The van der Waals surface area contributed by atoms with Crippen molar-refractivity contribution in [3.8, 4) is 5.75 Å². The van der Waals surface area contributed by atoms with Gasteiger partial charge in [0.15, 0.2) is 0 Å². The molecular weight excluding hydrogens is 357 g/mol. The van der Waals surface area contributed by atoms with Crippen LogP contribution in [-0.4, -0.2) is 18.0 Å². The first kappa shape index (κ1) is 17.7. The second-order valence-corrected chi connectivity index (χ2v) is 5.78. The standard InChI is InChI=1S/C19H15ClFN3O2/c1-26-15-4-2-3-12(9-15)24-19(25)18-8-6-14(11-22-18)23-13-5-7-17(21)16(20)10-13/h2-11,23H,1H3,(H,24,25). The Hall–Kier alpha value is -3.12. The van der Waals surface area contributed by atoms with Gasteiger partial charge in [-0.25, -0.2) is 9.37 Å². The van der Waals surface area contributed by atoms with E-state index in [1.54, 1.807) is 49.6 Å². The van der Waals surface area contributed by atoms with Gasteiger partial charge in [-0.1, -0.05) is 17.7 Å². The highest BCUT2D eigenvalue weighted by Crippen LogP contribution is 2.23. The van der Waals surface area contributed by atoms with E-state index in [0.29, 0.717) is 22.8 Å². The summed E-state index contributed by atoms with van der Waals surface area (Å²) >= 11 is 5.75. The molecule has 1 heterocycles. The lowest BCUT2D eigenvalue weighted by atomic mass is 10.2. The third-order valence-corrected chi connectivity index (χ3v) is 3.82. The number of hydrogen-bond acceptors (Lipinski definition) is 4. The van der Waals surface area contributed by atoms with Crippen LogP contribution in [0.15, 0.2) is 60.8 Å². The number of carbonyl (C=O) groups is 1. The minimum Gasteiger partial charge on any atom is -0.497 e. The van der Waals surface area contributed by atoms with Gasteiger partial charge in [0.2, 0.25) is 0 Å². The fourth-order valence-corrected chi connectivity index (χ4v) is 2.42.